The summed E-state index contributed by atoms with van der Waals surface area (Å²) in [5.74, 6) is -0.843. The highest BCUT2D eigenvalue weighted by Gasteiger charge is 2.59. The number of hydrogen-bond acceptors (Lipinski definition) is 17. The maximum atomic E-state index is 12.0. The first-order chi connectivity index (χ1) is 18.5. The van der Waals surface area contributed by atoms with Crippen LogP contribution < -0.4 is 11.1 Å². The zero-order chi connectivity index (χ0) is 30.2. The maximum absolute atomic E-state index is 12.0. The molecule has 0 bridgehead atoms. The number of aliphatic hydroxyl groups excluding tert-OH is 6. The molecule has 0 unspecified atom stereocenters. The van der Waals surface area contributed by atoms with Crippen molar-refractivity contribution in [3.05, 3.63) is 0 Å². The molecule has 3 fully saturated rings. The van der Waals surface area contributed by atoms with Gasteiger partial charge in [0, 0.05) is 13.3 Å². The molecule has 3 aliphatic heterocycles. The molecule has 234 valence electrons. The number of nitrogens with one attached hydrogen (secondary N) is 1. The second-order valence-corrected chi connectivity index (χ2v) is 10.7. The van der Waals surface area contributed by atoms with E-state index in [1.165, 1.54) is 6.92 Å². The molecule has 0 aromatic heterocycles. The number of ether oxygens (including phenoxy) is 5. The van der Waals surface area contributed by atoms with Gasteiger partial charge < -0.3 is 70.5 Å². The van der Waals surface area contributed by atoms with Gasteiger partial charge in [-0.25, -0.2) is 4.18 Å². The van der Waals surface area contributed by atoms with E-state index in [-0.39, 0.29) is 0 Å². The van der Waals surface area contributed by atoms with Crippen LogP contribution in [0.3, 0.4) is 0 Å². The maximum Gasteiger partial charge on any atom is 0.397 e. The van der Waals surface area contributed by atoms with Crippen LogP contribution in [0.4, 0.5) is 0 Å². The molecule has 3 rings (SSSR count). The van der Waals surface area contributed by atoms with E-state index in [1.54, 1.807) is 0 Å². The van der Waals surface area contributed by atoms with Gasteiger partial charge in [-0.15, -0.1) is 0 Å². The van der Waals surface area contributed by atoms with Crippen LogP contribution in [0.2, 0.25) is 0 Å². The van der Waals surface area contributed by atoms with E-state index in [0.717, 1.165) is 6.92 Å². The van der Waals surface area contributed by atoms with Gasteiger partial charge in [0.25, 0.3) is 0 Å². The minimum atomic E-state index is -5.09. The van der Waals surface area contributed by atoms with Gasteiger partial charge in [0.2, 0.25) is 11.6 Å². The van der Waals surface area contributed by atoms with Gasteiger partial charge in [-0.3, -0.25) is 9.35 Å². The molecule has 3 aliphatic rings. The van der Waals surface area contributed by atoms with Crippen LogP contribution in [0.15, 0.2) is 0 Å². The summed E-state index contributed by atoms with van der Waals surface area (Å²) in [5.41, 5.74) is 3.28. The summed E-state index contributed by atoms with van der Waals surface area (Å²) in [4.78, 5) is 12.0. The van der Waals surface area contributed by atoms with Crippen LogP contribution in [-0.4, -0.2) is 153 Å². The largest absolute Gasteiger partial charge is 0.397 e. The molecule has 0 aromatic carbocycles. The van der Waals surface area contributed by atoms with E-state index >= 15 is 0 Å². The first-order valence-electron chi connectivity index (χ1n) is 12.2. The van der Waals surface area contributed by atoms with Crippen molar-refractivity contribution in [3.8, 4) is 0 Å². The van der Waals surface area contributed by atoms with Gasteiger partial charge in [-0.1, -0.05) is 0 Å². The Bertz CT molecular complexity index is 975. The Morgan fingerprint density at radius 1 is 1.00 bits per heavy atom. The Morgan fingerprint density at radius 2 is 1.62 bits per heavy atom. The molecule has 0 spiro atoms. The minimum absolute atomic E-state index is 0.603. The Labute approximate surface area is 228 Å². The highest BCUT2D eigenvalue weighted by atomic mass is 32.3. The second kappa shape index (κ2) is 13.0. The molecule has 0 aliphatic carbocycles. The molecule has 0 radical (unpaired) electrons. The van der Waals surface area contributed by atoms with Crippen LogP contribution in [0.1, 0.15) is 20.3 Å². The third kappa shape index (κ3) is 7.23. The second-order valence-electron chi connectivity index (χ2n) is 9.70. The smallest absolute Gasteiger partial charge is 0.394 e. The summed E-state index contributed by atoms with van der Waals surface area (Å²) in [7, 11) is -5.09. The lowest BCUT2D eigenvalue weighted by molar-refractivity contribution is -0.378. The average Bonchev–Trinajstić information content (AvgIpc) is 2.85. The Morgan fingerprint density at radius 3 is 2.17 bits per heavy atom. The Hall–Kier alpha value is -1.18. The molecule has 19 nitrogen and oxygen atoms in total. The third-order valence-corrected chi connectivity index (χ3v) is 7.24. The highest BCUT2D eigenvalue weighted by Crippen LogP contribution is 2.36. The van der Waals surface area contributed by atoms with Crippen molar-refractivity contribution in [2.75, 3.05) is 13.2 Å². The van der Waals surface area contributed by atoms with E-state index in [1.807, 2.05) is 0 Å². The zero-order valence-corrected chi connectivity index (χ0v) is 22.2. The van der Waals surface area contributed by atoms with E-state index in [2.05, 4.69) is 9.50 Å². The van der Waals surface area contributed by atoms with Crippen molar-refractivity contribution in [3.63, 3.8) is 0 Å². The van der Waals surface area contributed by atoms with Crippen molar-refractivity contribution in [1.82, 2.24) is 5.32 Å². The zero-order valence-electron chi connectivity index (χ0n) is 21.4. The summed E-state index contributed by atoms with van der Waals surface area (Å²) in [5, 5.41) is 74.2. The van der Waals surface area contributed by atoms with Crippen molar-refractivity contribution in [2.45, 2.75) is 106 Å². The molecule has 0 aromatic rings. The van der Waals surface area contributed by atoms with Gasteiger partial charge in [0.05, 0.1) is 19.3 Å². The van der Waals surface area contributed by atoms with Gasteiger partial charge in [-0.2, -0.15) is 8.42 Å². The first-order valence-corrected chi connectivity index (χ1v) is 13.5. The summed E-state index contributed by atoms with van der Waals surface area (Å²) in [6.45, 7) is 0.655. The highest BCUT2D eigenvalue weighted by molar-refractivity contribution is 7.80. The van der Waals surface area contributed by atoms with Crippen LogP contribution in [0.5, 0.6) is 0 Å². The molecule has 1 amide bonds. The fraction of sp³-hybridized carbons (Fsp3) is 0.950. The minimum Gasteiger partial charge on any atom is -0.394 e. The molecule has 20 heteroatoms. The summed E-state index contributed by atoms with van der Waals surface area (Å²) in [6, 6.07) is 0. The SMILES string of the molecule is CC(=O)N[C@]1(O)[C@H](N)O[C@H](CO)[C@@H](O[C@H]2C[C@@H](OS(=O)(=O)O)[C@@H](O)[C@@H](CO)O2)[C@@H]1O[C@@H]1O[C@@H](C)[C@@H](O)[C@@H](O)[C@@H]1O. The summed E-state index contributed by atoms with van der Waals surface area (Å²) in [6.07, 6.45) is -22.0. The van der Waals surface area contributed by atoms with Crippen LogP contribution in [-0.2, 0) is 43.1 Å². The lowest BCUT2D eigenvalue weighted by Gasteiger charge is -2.52. The van der Waals surface area contributed by atoms with E-state index in [0.29, 0.717) is 0 Å². The molecule has 0 saturated carbocycles. The standard InChI is InChI=1S/C20H36N2O17S/c1-6-12(26)14(28)15(29)18(34-6)38-17-16(10(5-24)36-19(21)20(17,30)22-7(2)25)37-11-3-8(39-40(31,32)33)13(27)9(4-23)35-11/h6,8-19,23-24,26-30H,3-5,21H2,1-2H3,(H,22,25)(H,31,32,33)/t6-,8+,9+,10+,11-,12+,13+,14+,15-,16+,17-,18-,19+,20+/m0/s1. The quantitative estimate of drug-likeness (QED) is 0.0859. The number of carbonyl (C=O) groups excluding carboxylic acids is 1. The van der Waals surface area contributed by atoms with Gasteiger partial charge in [0.15, 0.2) is 18.8 Å². The molecule has 3 saturated heterocycles. The predicted molar refractivity (Wildman–Crippen MR) is 124 cm³/mol. The lowest BCUT2D eigenvalue weighted by Crippen LogP contribution is -2.77. The number of rotatable bonds is 9. The van der Waals surface area contributed by atoms with Gasteiger partial charge in [0.1, 0.15) is 54.9 Å². The van der Waals surface area contributed by atoms with E-state index in [4.69, 9.17) is 34.0 Å². The fourth-order valence-corrected chi connectivity index (χ4v) is 5.23. The monoisotopic (exact) mass is 608 g/mol. The van der Waals surface area contributed by atoms with Crippen molar-refractivity contribution in [1.29, 1.82) is 0 Å². The first kappa shape index (κ1) is 33.3. The van der Waals surface area contributed by atoms with Crippen LogP contribution in [0.25, 0.3) is 0 Å². The fourth-order valence-electron chi connectivity index (χ4n) is 4.72. The average molecular weight is 609 g/mol. The number of amides is 1. The molecular formula is C20H36N2O17S. The Balaban J connectivity index is 1.98. The van der Waals surface area contributed by atoms with E-state index in [9.17, 15) is 49.0 Å². The van der Waals surface area contributed by atoms with Crippen LogP contribution in [0, 0.1) is 0 Å². The number of carbonyl (C=O) groups is 1. The Kier molecular flexibility index (Phi) is 10.8. The van der Waals surface area contributed by atoms with Crippen LogP contribution >= 0.6 is 0 Å². The third-order valence-electron chi connectivity index (χ3n) is 6.75. The van der Waals surface area contributed by atoms with Crippen molar-refractivity contribution in [2.24, 2.45) is 5.73 Å². The van der Waals surface area contributed by atoms with Crippen molar-refractivity contribution >= 4 is 16.3 Å². The predicted octanol–water partition coefficient (Wildman–Crippen LogP) is -6.26. The molecule has 11 N–H and O–H groups in total. The summed E-state index contributed by atoms with van der Waals surface area (Å²) < 4.78 is 64.0. The normalized spacial score (nSPS) is 46.6. The molecule has 40 heavy (non-hydrogen) atoms. The van der Waals surface area contributed by atoms with Crippen molar-refractivity contribution < 1.29 is 81.4 Å². The lowest BCUT2D eigenvalue weighted by atomic mass is 9.91. The number of hydrogen-bond donors (Lipinski definition) is 10. The van der Waals surface area contributed by atoms with Gasteiger partial charge >= 0.3 is 10.4 Å². The molecular weight excluding hydrogens is 572 g/mol. The molecule has 14 atom stereocenters. The topological polar surface area (TPSA) is 306 Å². The number of nitrogens with two attached hydrogens (primary N) is 1. The summed E-state index contributed by atoms with van der Waals surface area (Å²) >= 11 is 0. The van der Waals surface area contributed by atoms with E-state index < -0.39 is 122 Å². The number of aliphatic hydroxyl groups is 7. The molecule has 3 heterocycles. The van der Waals surface area contributed by atoms with Gasteiger partial charge in [-0.05, 0) is 6.92 Å².